The molecule has 0 atom stereocenters. The molecule has 3 aromatic rings. The second-order valence-electron chi connectivity index (χ2n) is 5.89. The fourth-order valence-corrected chi connectivity index (χ4v) is 3.38. The van der Waals surface area contributed by atoms with Crippen LogP contribution in [0.15, 0.2) is 59.6 Å². The number of anilines is 1. The van der Waals surface area contributed by atoms with E-state index >= 15 is 0 Å². The lowest BCUT2D eigenvalue weighted by molar-refractivity contribution is -0.113. The summed E-state index contributed by atoms with van der Waals surface area (Å²) < 4.78 is 11.2. The van der Waals surface area contributed by atoms with Gasteiger partial charge in [-0.2, -0.15) is 0 Å². The van der Waals surface area contributed by atoms with E-state index < -0.39 is 0 Å². The number of amides is 1. The first-order chi connectivity index (χ1) is 12.8. The maximum atomic E-state index is 12.3. The van der Waals surface area contributed by atoms with Gasteiger partial charge in [0.2, 0.25) is 5.91 Å². The number of rotatable bonds is 4. The highest BCUT2D eigenvalue weighted by molar-refractivity contribution is 7.99. The molecule has 1 amide bonds. The van der Waals surface area contributed by atoms with Crippen molar-refractivity contribution in [2.75, 3.05) is 24.3 Å². The number of hydrogen-bond acceptors (Lipinski definition) is 5. The number of nitrogens with zero attached hydrogens (tertiary/aromatic N) is 1. The lowest BCUT2D eigenvalue weighted by atomic mass is 10.2. The lowest BCUT2D eigenvalue weighted by Crippen LogP contribution is -2.14. The van der Waals surface area contributed by atoms with E-state index in [-0.39, 0.29) is 5.91 Å². The predicted molar refractivity (Wildman–Crippen MR) is 103 cm³/mol. The summed E-state index contributed by atoms with van der Waals surface area (Å²) in [5.74, 6) is 1.60. The summed E-state index contributed by atoms with van der Waals surface area (Å²) in [5, 5.41) is 4.82. The van der Waals surface area contributed by atoms with Crippen molar-refractivity contribution in [3.05, 3.63) is 54.6 Å². The second kappa shape index (κ2) is 7.66. The molecular formula is C20H18N2O3S. The largest absolute Gasteiger partial charge is 0.490 e. The number of aromatic nitrogens is 1. The van der Waals surface area contributed by atoms with Crippen LogP contribution in [0.2, 0.25) is 0 Å². The van der Waals surface area contributed by atoms with E-state index in [0.717, 1.165) is 28.1 Å². The van der Waals surface area contributed by atoms with Crippen molar-refractivity contribution in [2.24, 2.45) is 0 Å². The van der Waals surface area contributed by atoms with Gasteiger partial charge >= 0.3 is 0 Å². The van der Waals surface area contributed by atoms with Gasteiger partial charge in [0.15, 0.2) is 11.5 Å². The van der Waals surface area contributed by atoms with Gasteiger partial charge in [0.1, 0.15) is 0 Å². The monoisotopic (exact) mass is 366 g/mol. The molecule has 2 heterocycles. The van der Waals surface area contributed by atoms with Gasteiger partial charge in [0, 0.05) is 23.6 Å². The van der Waals surface area contributed by atoms with E-state index in [1.807, 2.05) is 48.5 Å². The van der Waals surface area contributed by atoms with Crippen LogP contribution in [0.25, 0.3) is 10.9 Å². The molecule has 0 spiro atoms. The van der Waals surface area contributed by atoms with Crippen LogP contribution in [-0.4, -0.2) is 29.9 Å². The zero-order chi connectivity index (χ0) is 17.8. The Labute approximate surface area is 155 Å². The Hall–Kier alpha value is -2.73. The first-order valence-corrected chi connectivity index (χ1v) is 9.44. The van der Waals surface area contributed by atoms with Crippen molar-refractivity contribution < 1.29 is 14.3 Å². The quantitative estimate of drug-likeness (QED) is 0.704. The Morgan fingerprint density at radius 1 is 1.04 bits per heavy atom. The number of para-hydroxylation sites is 1. The molecule has 0 bridgehead atoms. The highest BCUT2D eigenvalue weighted by Gasteiger charge is 2.12. The molecule has 0 unspecified atom stereocenters. The molecule has 0 fully saturated rings. The molecule has 1 aliphatic rings. The van der Waals surface area contributed by atoms with Gasteiger partial charge in [0.05, 0.1) is 29.5 Å². The van der Waals surface area contributed by atoms with Crippen LogP contribution in [0.3, 0.4) is 0 Å². The molecule has 132 valence electrons. The van der Waals surface area contributed by atoms with Crippen molar-refractivity contribution in [1.29, 1.82) is 0 Å². The zero-order valence-corrected chi connectivity index (χ0v) is 14.9. The van der Waals surface area contributed by atoms with Crippen molar-refractivity contribution in [3.63, 3.8) is 0 Å². The molecule has 1 aromatic heterocycles. The Bertz CT molecular complexity index is 945. The average molecular weight is 366 g/mol. The lowest BCUT2D eigenvalue weighted by Gasteiger charge is -2.10. The number of ether oxygens (including phenoxy) is 2. The zero-order valence-electron chi connectivity index (χ0n) is 14.1. The molecular weight excluding hydrogens is 348 g/mol. The van der Waals surface area contributed by atoms with Crippen LogP contribution in [0.5, 0.6) is 11.5 Å². The molecule has 6 heteroatoms. The van der Waals surface area contributed by atoms with Crippen molar-refractivity contribution in [1.82, 2.24) is 4.98 Å². The molecule has 5 nitrogen and oxygen atoms in total. The van der Waals surface area contributed by atoms with E-state index in [4.69, 9.17) is 9.47 Å². The Balaban J connectivity index is 1.38. The van der Waals surface area contributed by atoms with Gasteiger partial charge in [-0.05, 0) is 24.3 Å². The molecule has 26 heavy (non-hydrogen) atoms. The normalized spacial score (nSPS) is 13.2. The first-order valence-electron chi connectivity index (χ1n) is 8.46. The van der Waals surface area contributed by atoms with Gasteiger partial charge in [-0.15, -0.1) is 0 Å². The van der Waals surface area contributed by atoms with Gasteiger partial charge in [-0.25, -0.2) is 4.98 Å². The van der Waals surface area contributed by atoms with Crippen LogP contribution in [0, 0.1) is 0 Å². The average Bonchev–Trinajstić information content (AvgIpc) is 2.91. The highest BCUT2D eigenvalue weighted by atomic mass is 32.2. The van der Waals surface area contributed by atoms with E-state index in [9.17, 15) is 4.79 Å². The van der Waals surface area contributed by atoms with Crippen LogP contribution < -0.4 is 14.8 Å². The molecule has 0 saturated heterocycles. The van der Waals surface area contributed by atoms with Crippen LogP contribution in [0.4, 0.5) is 5.69 Å². The SMILES string of the molecule is O=C(CSc1ccc2ccccc2n1)Nc1ccc2c(c1)OCCCO2. The molecule has 1 N–H and O–H groups in total. The number of nitrogens with one attached hydrogen (secondary N) is 1. The summed E-state index contributed by atoms with van der Waals surface area (Å²) in [4.78, 5) is 16.8. The summed E-state index contributed by atoms with van der Waals surface area (Å²) in [6, 6.07) is 17.3. The predicted octanol–water partition coefficient (Wildman–Crippen LogP) is 4.13. The van der Waals surface area contributed by atoms with Crippen LogP contribution in [-0.2, 0) is 4.79 Å². The maximum absolute atomic E-state index is 12.3. The standard InChI is InChI=1S/C20H18N2O3S/c23-19(13-26-20-9-6-14-4-1-2-5-16(14)22-20)21-15-7-8-17-18(12-15)25-11-3-10-24-17/h1-2,4-9,12H,3,10-11,13H2,(H,21,23). The topological polar surface area (TPSA) is 60.5 Å². The van der Waals surface area contributed by atoms with Gasteiger partial charge < -0.3 is 14.8 Å². The minimum Gasteiger partial charge on any atom is -0.490 e. The van der Waals surface area contributed by atoms with Gasteiger partial charge in [-0.3, -0.25) is 4.79 Å². The van der Waals surface area contributed by atoms with Crippen molar-refractivity contribution >= 4 is 34.3 Å². The summed E-state index contributed by atoms with van der Waals surface area (Å²) in [6.45, 7) is 1.27. The Morgan fingerprint density at radius 2 is 1.88 bits per heavy atom. The second-order valence-corrected chi connectivity index (χ2v) is 6.89. The molecule has 0 saturated carbocycles. The number of fused-ring (bicyclic) bond motifs is 2. The maximum Gasteiger partial charge on any atom is 0.234 e. The molecule has 2 aromatic carbocycles. The molecule has 1 aliphatic heterocycles. The minimum atomic E-state index is -0.0838. The summed E-state index contributed by atoms with van der Waals surface area (Å²) >= 11 is 1.42. The van der Waals surface area contributed by atoms with Gasteiger partial charge in [-0.1, -0.05) is 36.0 Å². The first kappa shape index (κ1) is 16.7. The van der Waals surface area contributed by atoms with Crippen LogP contribution in [0.1, 0.15) is 6.42 Å². The third kappa shape index (κ3) is 3.91. The van der Waals surface area contributed by atoms with E-state index in [1.54, 1.807) is 6.07 Å². The molecule has 0 radical (unpaired) electrons. The van der Waals surface area contributed by atoms with Crippen molar-refractivity contribution in [2.45, 2.75) is 11.4 Å². The fraction of sp³-hybridized carbons (Fsp3) is 0.200. The third-order valence-electron chi connectivity index (χ3n) is 3.96. The smallest absolute Gasteiger partial charge is 0.234 e. The number of carbonyl (C=O) groups is 1. The van der Waals surface area contributed by atoms with Crippen LogP contribution >= 0.6 is 11.8 Å². The molecule has 4 rings (SSSR count). The van der Waals surface area contributed by atoms with E-state index in [2.05, 4.69) is 10.3 Å². The highest BCUT2D eigenvalue weighted by Crippen LogP contribution is 2.32. The molecule has 0 aliphatic carbocycles. The number of carbonyl (C=O) groups excluding carboxylic acids is 1. The number of thioether (sulfide) groups is 1. The summed E-state index contributed by atoms with van der Waals surface area (Å²) in [7, 11) is 0. The Kier molecular flexibility index (Phi) is 4.93. The third-order valence-corrected chi connectivity index (χ3v) is 4.88. The summed E-state index contributed by atoms with van der Waals surface area (Å²) in [6.07, 6.45) is 0.853. The van der Waals surface area contributed by atoms with E-state index in [0.29, 0.717) is 30.4 Å². The Morgan fingerprint density at radius 3 is 2.81 bits per heavy atom. The number of benzene rings is 2. The van der Waals surface area contributed by atoms with E-state index in [1.165, 1.54) is 11.8 Å². The summed E-state index contributed by atoms with van der Waals surface area (Å²) in [5.41, 5.74) is 1.63. The van der Waals surface area contributed by atoms with Gasteiger partial charge in [0.25, 0.3) is 0 Å². The fourth-order valence-electron chi connectivity index (χ4n) is 2.71. The van der Waals surface area contributed by atoms with Crippen molar-refractivity contribution in [3.8, 4) is 11.5 Å². The minimum absolute atomic E-state index is 0.0838. The number of pyridine rings is 1. The number of hydrogen-bond donors (Lipinski definition) is 1.